The second-order valence-electron chi connectivity index (χ2n) is 2.86. The summed E-state index contributed by atoms with van der Waals surface area (Å²) < 4.78 is 4.98. The Hall–Kier alpha value is -1.35. The second kappa shape index (κ2) is 3.80. The molecule has 2 rings (SSSR count). The highest BCUT2D eigenvalue weighted by molar-refractivity contribution is 6.29. The van der Waals surface area contributed by atoms with Crippen molar-refractivity contribution in [3.63, 3.8) is 0 Å². The van der Waals surface area contributed by atoms with Gasteiger partial charge in [0.1, 0.15) is 11.0 Å². The standard InChI is InChI=1S/C10H9ClN2O/c1-2-10-12-8(5-9(11)13-10)7-3-4-14-6-7/h3-6H,2H2,1H3. The van der Waals surface area contributed by atoms with Gasteiger partial charge in [0.05, 0.1) is 18.2 Å². The van der Waals surface area contributed by atoms with Crippen molar-refractivity contribution in [2.24, 2.45) is 0 Å². The number of nitrogens with zero attached hydrogens (tertiary/aromatic N) is 2. The van der Waals surface area contributed by atoms with E-state index in [0.717, 1.165) is 23.5 Å². The number of halogens is 1. The van der Waals surface area contributed by atoms with E-state index in [1.165, 1.54) is 0 Å². The van der Waals surface area contributed by atoms with Crippen molar-refractivity contribution >= 4 is 11.6 Å². The molecule has 0 atom stereocenters. The molecule has 2 aromatic heterocycles. The Kier molecular flexibility index (Phi) is 2.50. The van der Waals surface area contributed by atoms with Crippen LogP contribution in [-0.2, 0) is 6.42 Å². The Morgan fingerprint density at radius 3 is 2.93 bits per heavy atom. The third-order valence-electron chi connectivity index (χ3n) is 1.87. The Labute approximate surface area is 86.8 Å². The minimum Gasteiger partial charge on any atom is -0.472 e. The highest BCUT2D eigenvalue weighted by Gasteiger charge is 2.04. The second-order valence-corrected chi connectivity index (χ2v) is 3.24. The predicted molar refractivity (Wildman–Crippen MR) is 54.1 cm³/mol. The SMILES string of the molecule is CCc1nc(Cl)cc(-c2ccoc2)n1. The molecule has 0 spiro atoms. The van der Waals surface area contributed by atoms with E-state index < -0.39 is 0 Å². The first kappa shape index (κ1) is 9.21. The fourth-order valence-electron chi connectivity index (χ4n) is 1.18. The van der Waals surface area contributed by atoms with Crippen LogP contribution < -0.4 is 0 Å². The summed E-state index contributed by atoms with van der Waals surface area (Å²) in [6.45, 7) is 1.99. The van der Waals surface area contributed by atoms with E-state index in [0.29, 0.717) is 5.15 Å². The van der Waals surface area contributed by atoms with Crippen molar-refractivity contribution in [2.45, 2.75) is 13.3 Å². The average Bonchev–Trinajstić information content (AvgIpc) is 2.69. The van der Waals surface area contributed by atoms with Gasteiger partial charge in [-0.1, -0.05) is 18.5 Å². The smallest absolute Gasteiger partial charge is 0.133 e. The van der Waals surface area contributed by atoms with Gasteiger partial charge < -0.3 is 4.42 Å². The molecule has 0 bridgehead atoms. The lowest BCUT2D eigenvalue weighted by Gasteiger charge is -2.00. The van der Waals surface area contributed by atoms with Crippen LogP contribution in [0.3, 0.4) is 0 Å². The van der Waals surface area contributed by atoms with Crippen molar-refractivity contribution in [3.05, 3.63) is 35.6 Å². The Morgan fingerprint density at radius 2 is 2.29 bits per heavy atom. The van der Waals surface area contributed by atoms with E-state index in [-0.39, 0.29) is 0 Å². The van der Waals surface area contributed by atoms with Crippen LogP contribution in [0.2, 0.25) is 5.15 Å². The molecular weight excluding hydrogens is 200 g/mol. The number of furan rings is 1. The van der Waals surface area contributed by atoms with Crippen LogP contribution in [0.5, 0.6) is 0 Å². The van der Waals surface area contributed by atoms with Crippen molar-refractivity contribution < 1.29 is 4.42 Å². The minimum atomic E-state index is 0.466. The predicted octanol–water partition coefficient (Wildman–Crippen LogP) is 2.95. The molecule has 0 amide bonds. The van der Waals surface area contributed by atoms with E-state index in [2.05, 4.69) is 9.97 Å². The van der Waals surface area contributed by atoms with Gasteiger partial charge in [-0.2, -0.15) is 0 Å². The molecule has 2 heterocycles. The first-order valence-corrected chi connectivity index (χ1v) is 4.73. The molecule has 0 saturated heterocycles. The highest BCUT2D eigenvalue weighted by Crippen LogP contribution is 2.20. The zero-order valence-electron chi connectivity index (χ0n) is 7.70. The first-order valence-electron chi connectivity index (χ1n) is 4.35. The summed E-state index contributed by atoms with van der Waals surface area (Å²) in [7, 11) is 0. The van der Waals surface area contributed by atoms with Crippen LogP contribution in [0.4, 0.5) is 0 Å². The molecule has 4 heteroatoms. The van der Waals surface area contributed by atoms with Crippen LogP contribution in [0.1, 0.15) is 12.7 Å². The molecule has 72 valence electrons. The molecule has 3 nitrogen and oxygen atoms in total. The third kappa shape index (κ3) is 1.77. The van der Waals surface area contributed by atoms with Crippen LogP contribution in [-0.4, -0.2) is 9.97 Å². The Balaban J connectivity index is 2.48. The van der Waals surface area contributed by atoms with Gasteiger partial charge in [-0.3, -0.25) is 0 Å². The fourth-order valence-corrected chi connectivity index (χ4v) is 1.38. The summed E-state index contributed by atoms with van der Waals surface area (Å²) >= 11 is 5.86. The molecule has 0 aliphatic rings. The summed E-state index contributed by atoms with van der Waals surface area (Å²) in [5.41, 5.74) is 1.72. The molecule has 0 saturated carbocycles. The van der Waals surface area contributed by atoms with Crippen LogP contribution in [0.25, 0.3) is 11.3 Å². The summed E-state index contributed by atoms with van der Waals surface area (Å²) in [4.78, 5) is 8.42. The van der Waals surface area contributed by atoms with Crippen LogP contribution in [0, 0.1) is 0 Å². The van der Waals surface area contributed by atoms with Crippen molar-refractivity contribution in [1.29, 1.82) is 0 Å². The van der Waals surface area contributed by atoms with E-state index in [4.69, 9.17) is 16.0 Å². The first-order chi connectivity index (χ1) is 6.79. The van der Waals surface area contributed by atoms with Gasteiger partial charge in [0.25, 0.3) is 0 Å². The van der Waals surface area contributed by atoms with Crippen LogP contribution >= 0.6 is 11.6 Å². The van der Waals surface area contributed by atoms with Gasteiger partial charge >= 0.3 is 0 Å². The maximum atomic E-state index is 5.86. The zero-order chi connectivity index (χ0) is 9.97. The lowest BCUT2D eigenvalue weighted by molar-refractivity contribution is 0.568. The molecule has 0 aliphatic heterocycles. The van der Waals surface area contributed by atoms with Crippen molar-refractivity contribution in [1.82, 2.24) is 9.97 Å². The van der Waals surface area contributed by atoms with E-state index >= 15 is 0 Å². The van der Waals surface area contributed by atoms with Gasteiger partial charge in [0.2, 0.25) is 0 Å². The van der Waals surface area contributed by atoms with Gasteiger partial charge in [0, 0.05) is 18.1 Å². The van der Waals surface area contributed by atoms with Crippen molar-refractivity contribution in [2.75, 3.05) is 0 Å². The Bertz CT molecular complexity index is 426. The zero-order valence-corrected chi connectivity index (χ0v) is 8.45. The number of aryl methyl sites for hydroxylation is 1. The van der Waals surface area contributed by atoms with Crippen LogP contribution in [0.15, 0.2) is 29.1 Å². The molecule has 0 radical (unpaired) electrons. The van der Waals surface area contributed by atoms with E-state index in [9.17, 15) is 0 Å². The summed E-state index contributed by atoms with van der Waals surface area (Å²) in [5, 5.41) is 0.466. The number of hydrogen-bond donors (Lipinski definition) is 0. The monoisotopic (exact) mass is 208 g/mol. The number of aromatic nitrogens is 2. The number of rotatable bonds is 2. The molecule has 14 heavy (non-hydrogen) atoms. The summed E-state index contributed by atoms with van der Waals surface area (Å²) in [5.74, 6) is 0.744. The number of hydrogen-bond acceptors (Lipinski definition) is 3. The molecule has 0 aliphatic carbocycles. The Morgan fingerprint density at radius 1 is 1.43 bits per heavy atom. The summed E-state index contributed by atoms with van der Waals surface area (Å²) in [6, 6.07) is 3.57. The lowest BCUT2D eigenvalue weighted by atomic mass is 10.2. The maximum Gasteiger partial charge on any atom is 0.133 e. The third-order valence-corrected chi connectivity index (χ3v) is 2.07. The molecular formula is C10H9ClN2O. The topological polar surface area (TPSA) is 38.9 Å². The quantitative estimate of drug-likeness (QED) is 0.713. The van der Waals surface area contributed by atoms with Gasteiger partial charge in [-0.15, -0.1) is 0 Å². The van der Waals surface area contributed by atoms with Gasteiger partial charge in [0.15, 0.2) is 0 Å². The minimum absolute atomic E-state index is 0.466. The highest BCUT2D eigenvalue weighted by atomic mass is 35.5. The molecule has 0 aromatic carbocycles. The molecule has 0 N–H and O–H groups in total. The average molecular weight is 209 g/mol. The fraction of sp³-hybridized carbons (Fsp3) is 0.200. The van der Waals surface area contributed by atoms with E-state index in [1.54, 1.807) is 18.6 Å². The molecule has 0 unspecified atom stereocenters. The van der Waals surface area contributed by atoms with Gasteiger partial charge in [-0.25, -0.2) is 9.97 Å². The maximum absolute atomic E-state index is 5.86. The van der Waals surface area contributed by atoms with Crippen molar-refractivity contribution in [3.8, 4) is 11.3 Å². The largest absolute Gasteiger partial charge is 0.472 e. The lowest BCUT2D eigenvalue weighted by Crippen LogP contribution is -1.94. The molecule has 2 aromatic rings. The van der Waals surface area contributed by atoms with E-state index in [1.807, 2.05) is 13.0 Å². The summed E-state index contributed by atoms with van der Waals surface area (Å²) in [6.07, 6.45) is 4.01. The normalized spacial score (nSPS) is 10.4. The van der Waals surface area contributed by atoms with Gasteiger partial charge in [-0.05, 0) is 6.07 Å². The molecule has 0 fully saturated rings.